The van der Waals surface area contributed by atoms with E-state index in [4.69, 9.17) is 9.47 Å². The van der Waals surface area contributed by atoms with E-state index >= 15 is 0 Å². The van der Waals surface area contributed by atoms with E-state index in [2.05, 4.69) is 15.6 Å². The number of amides is 2. The molecule has 0 saturated carbocycles. The highest BCUT2D eigenvalue weighted by Crippen LogP contribution is 2.28. The Bertz CT molecular complexity index is 1420. The lowest BCUT2D eigenvalue weighted by Gasteiger charge is -2.15. The van der Waals surface area contributed by atoms with Gasteiger partial charge in [0.05, 0.1) is 11.3 Å². The summed E-state index contributed by atoms with van der Waals surface area (Å²) in [6.45, 7) is 4.78. The van der Waals surface area contributed by atoms with Crippen LogP contribution in [0.15, 0.2) is 60.8 Å². The molecule has 10 heteroatoms. The molecule has 2 heterocycles. The van der Waals surface area contributed by atoms with Crippen molar-refractivity contribution in [2.24, 2.45) is 0 Å². The van der Waals surface area contributed by atoms with Crippen LogP contribution in [-0.2, 0) is 22.7 Å². The average molecular weight is 509 g/mol. The Morgan fingerprint density at radius 1 is 1.03 bits per heavy atom. The number of nitrogens with zero attached hydrogens (tertiary/aromatic N) is 2. The van der Waals surface area contributed by atoms with Gasteiger partial charge in [-0.1, -0.05) is 36.4 Å². The van der Waals surface area contributed by atoms with Crippen LogP contribution in [0.2, 0.25) is 0 Å². The van der Waals surface area contributed by atoms with E-state index < -0.39 is 29.7 Å². The summed E-state index contributed by atoms with van der Waals surface area (Å²) in [7, 11) is 0. The Labute approximate surface area is 212 Å². The van der Waals surface area contributed by atoms with Crippen LogP contribution in [0.25, 0.3) is 5.65 Å². The molecule has 4 aromatic rings. The number of aryl methyl sites for hydroxylation is 2. The molecule has 0 radical (unpaired) electrons. The summed E-state index contributed by atoms with van der Waals surface area (Å²) in [5.74, 6) is -1.24. The number of aromatic nitrogens is 2. The molecule has 2 aromatic carbocycles. The topological polar surface area (TPSA) is 94.0 Å². The molecule has 1 unspecified atom stereocenters. The summed E-state index contributed by atoms with van der Waals surface area (Å²) in [4.78, 5) is 29.4. The second kappa shape index (κ2) is 11.1. The largest absolute Gasteiger partial charge is 0.485 e. The van der Waals surface area contributed by atoms with Crippen molar-refractivity contribution in [3.63, 3.8) is 0 Å². The zero-order chi connectivity index (χ0) is 26.5. The van der Waals surface area contributed by atoms with Gasteiger partial charge in [0.1, 0.15) is 36.7 Å². The molecule has 2 amide bonds. The zero-order valence-electron chi connectivity index (χ0n) is 20.5. The molecule has 1 atom stereocenters. The minimum absolute atomic E-state index is 0.0756. The van der Waals surface area contributed by atoms with Gasteiger partial charge in [0, 0.05) is 6.20 Å². The maximum absolute atomic E-state index is 14.0. The summed E-state index contributed by atoms with van der Waals surface area (Å²) in [5.41, 5.74) is 2.23. The van der Waals surface area contributed by atoms with Crippen LogP contribution >= 0.6 is 0 Å². The third-order valence-corrected chi connectivity index (χ3v) is 5.61. The number of benzene rings is 2. The van der Waals surface area contributed by atoms with E-state index in [1.54, 1.807) is 23.6 Å². The Morgan fingerprint density at radius 3 is 2.43 bits per heavy atom. The van der Waals surface area contributed by atoms with Gasteiger partial charge in [0.2, 0.25) is 5.91 Å². The number of pyridine rings is 1. The summed E-state index contributed by atoms with van der Waals surface area (Å²) in [6, 6.07) is 13.6. The van der Waals surface area contributed by atoms with Crippen molar-refractivity contribution >= 4 is 23.5 Å². The van der Waals surface area contributed by atoms with Crippen molar-refractivity contribution in [3.8, 4) is 5.75 Å². The summed E-state index contributed by atoms with van der Waals surface area (Å²) < 4.78 is 40.6. The van der Waals surface area contributed by atoms with Crippen LogP contribution in [0.4, 0.5) is 19.4 Å². The molecule has 0 bridgehead atoms. The number of hydrogen-bond donors (Lipinski definition) is 2. The number of imidazole rings is 1. The first-order valence-corrected chi connectivity index (χ1v) is 11.6. The molecule has 0 fully saturated rings. The second-order valence-corrected chi connectivity index (χ2v) is 8.53. The van der Waals surface area contributed by atoms with E-state index in [0.717, 1.165) is 23.3 Å². The van der Waals surface area contributed by atoms with Gasteiger partial charge in [-0.15, -0.1) is 0 Å². The lowest BCUT2D eigenvalue weighted by atomic mass is 10.2. The van der Waals surface area contributed by atoms with E-state index in [9.17, 15) is 18.4 Å². The van der Waals surface area contributed by atoms with Gasteiger partial charge in [-0.05, 0) is 50.1 Å². The van der Waals surface area contributed by atoms with Crippen molar-refractivity contribution in [1.82, 2.24) is 14.7 Å². The van der Waals surface area contributed by atoms with Crippen molar-refractivity contribution < 1.29 is 27.8 Å². The Balaban J connectivity index is 1.46. The Hall–Kier alpha value is -4.47. The highest BCUT2D eigenvalue weighted by molar-refractivity contribution is 5.96. The van der Waals surface area contributed by atoms with E-state index in [0.29, 0.717) is 22.9 Å². The van der Waals surface area contributed by atoms with Crippen LogP contribution in [0, 0.1) is 25.5 Å². The van der Waals surface area contributed by atoms with E-state index in [1.165, 1.54) is 13.0 Å². The fraction of sp³-hybridized carbons (Fsp3) is 0.222. The highest BCUT2D eigenvalue weighted by Gasteiger charge is 2.21. The molecule has 0 aliphatic heterocycles. The van der Waals surface area contributed by atoms with Crippen molar-refractivity contribution in [1.29, 1.82) is 0 Å². The second-order valence-electron chi connectivity index (χ2n) is 8.53. The van der Waals surface area contributed by atoms with Crippen molar-refractivity contribution in [2.45, 2.75) is 40.0 Å². The Morgan fingerprint density at radius 2 is 1.73 bits per heavy atom. The number of rotatable bonds is 8. The van der Waals surface area contributed by atoms with Crippen molar-refractivity contribution in [3.05, 3.63) is 94.8 Å². The quantitative estimate of drug-likeness (QED) is 0.347. The highest BCUT2D eigenvalue weighted by atomic mass is 19.1. The minimum Gasteiger partial charge on any atom is -0.485 e. The number of carbonyl (C=O) groups is 2. The van der Waals surface area contributed by atoms with Crippen LogP contribution in [0.3, 0.4) is 0 Å². The maximum Gasteiger partial charge on any atom is 0.408 e. The zero-order valence-corrected chi connectivity index (χ0v) is 20.5. The molecular weight excluding hydrogens is 482 g/mol. The maximum atomic E-state index is 14.0. The fourth-order valence-electron chi connectivity index (χ4n) is 3.67. The van der Waals surface area contributed by atoms with Gasteiger partial charge in [-0.25, -0.2) is 18.6 Å². The molecule has 8 nitrogen and oxygen atoms in total. The molecule has 0 saturated heterocycles. The number of carbonyl (C=O) groups excluding carboxylic acids is 2. The SMILES string of the molecule is Cc1cc(OCc2c(F)cccc2F)c2nc(C)c(NC(=O)C(C)NC(=O)OCc3ccccc3)n2c1. The third kappa shape index (κ3) is 6.03. The molecule has 0 spiro atoms. The van der Waals surface area contributed by atoms with Gasteiger partial charge < -0.3 is 20.1 Å². The predicted octanol–water partition coefficient (Wildman–Crippen LogP) is 5.06. The number of fused-ring (bicyclic) bond motifs is 1. The van der Waals surface area contributed by atoms with Crippen LogP contribution < -0.4 is 15.4 Å². The lowest BCUT2D eigenvalue weighted by molar-refractivity contribution is -0.117. The number of halogens is 2. The first kappa shape index (κ1) is 25.6. The van der Waals surface area contributed by atoms with Gasteiger partial charge >= 0.3 is 6.09 Å². The first-order chi connectivity index (χ1) is 17.7. The molecule has 0 aliphatic carbocycles. The number of anilines is 1. The summed E-state index contributed by atoms with van der Waals surface area (Å²) in [6.07, 6.45) is 1.02. The van der Waals surface area contributed by atoms with Crippen LogP contribution in [0.1, 0.15) is 29.3 Å². The van der Waals surface area contributed by atoms with Gasteiger partial charge in [-0.2, -0.15) is 0 Å². The summed E-state index contributed by atoms with van der Waals surface area (Å²) in [5, 5.41) is 5.28. The first-order valence-electron chi connectivity index (χ1n) is 11.6. The average Bonchev–Trinajstić information content (AvgIpc) is 3.17. The Kier molecular flexibility index (Phi) is 7.66. The third-order valence-electron chi connectivity index (χ3n) is 5.61. The molecular formula is C27H26F2N4O4. The number of hydrogen-bond acceptors (Lipinski definition) is 5. The molecule has 192 valence electrons. The number of ether oxygens (including phenoxy) is 2. The lowest BCUT2D eigenvalue weighted by Crippen LogP contribution is -2.42. The monoisotopic (exact) mass is 508 g/mol. The predicted molar refractivity (Wildman–Crippen MR) is 133 cm³/mol. The van der Waals surface area contributed by atoms with Gasteiger partial charge in [0.25, 0.3) is 0 Å². The smallest absolute Gasteiger partial charge is 0.408 e. The fourth-order valence-corrected chi connectivity index (χ4v) is 3.67. The molecule has 4 rings (SSSR count). The molecule has 37 heavy (non-hydrogen) atoms. The van der Waals surface area contributed by atoms with E-state index in [-0.39, 0.29) is 18.8 Å². The minimum atomic E-state index is -0.905. The summed E-state index contributed by atoms with van der Waals surface area (Å²) >= 11 is 0. The van der Waals surface area contributed by atoms with E-state index in [1.807, 2.05) is 37.3 Å². The normalized spacial score (nSPS) is 11.7. The van der Waals surface area contributed by atoms with Gasteiger partial charge in [0.15, 0.2) is 11.4 Å². The van der Waals surface area contributed by atoms with Gasteiger partial charge in [-0.3, -0.25) is 9.20 Å². The van der Waals surface area contributed by atoms with Crippen molar-refractivity contribution in [2.75, 3.05) is 5.32 Å². The number of nitrogens with one attached hydrogen (secondary N) is 2. The number of alkyl carbamates (subject to hydrolysis) is 1. The van der Waals surface area contributed by atoms with Crippen LogP contribution in [0.5, 0.6) is 5.75 Å². The standard InChI is InChI=1S/C27H26F2N4O4/c1-16-12-23(36-15-20-21(28)10-7-11-22(20)29)25-30-17(2)24(33(25)13-16)32-26(34)18(3)31-27(35)37-14-19-8-5-4-6-9-19/h4-13,18H,14-15H2,1-3H3,(H,31,35)(H,32,34). The molecule has 2 aromatic heterocycles. The molecule has 2 N–H and O–H groups in total. The molecule has 0 aliphatic rings. The van der Waals surface area contributed by atoms with Crippen LogP contribution in [-0.4, -0.2) is 27.4 Å².